The maximum absolute atomic E-state index is 11.9. The van der Waals surface area contributed by atoms with E-state index in [0.717, 1.165) is 12.1 Å². The molecule has 0 fully saturated rings. The van der Waals surface area contributed by atoms with Gasteiger partial charge in [0, 0.05) is 18.3 Å². The highest BCUT2D eigenvalue weighted by Gasteiger charge is 2.16. The molecule has 4 nitrogen and oxygen atoms in total. The van der Waals surface area contributed by atoms with E-state index >= 15 is 0 Å². The molecule has 116 valence electrons. The molecule has 0 unspecified atom stereocenters. The van der Waals surface area contributed by atoms with Gasteiger partial charge in [0.15, 0.2) is 5.11 Å². The largest absolute Gasteiger partial charge is 0.350 e. The summed E-state index contributed by atoms with van der Waals surface area (Å²) >= 11 is 5.31. The Labute approximate surface area is 132 Å². The van der Waals surface area contributed by atoms with E-state index in [1.807, 2.05) is 32.9 Å². The van der Waals surface area contributed by atoms with Crippen molar-refractivity contribution in [2.75, 3.05) is 18.9 Å². The van der Waals surface area contributed by atoms with Crippen molar-refractivity contribution in [3.8, 4) is 0 Å². The summed E-state index contributed by atoms with van der Waals surface area (Å²) < 4.78 is 0. The second-order valence-corrected chi connectivity index (χ2v) is 6.52. The van der Waals surface area contributed by atoms with E-state index in [2.05, 4.69) is 29.7 Å². The number of aryl methyl sites for hydroxylation is 1. The fraction of sp³-hybridized carbons (Fsp3) is 0.500. The fourth-order valence-corrected chi connectivity index (χ4v) is 1.97. The lowest BCUT2D eigenvalue weighted by atomic mass is 10.1. The SMILES string of the molecule is CCc1ccc(NC(=S)N(C)CC(=O)NC(C)(C)C)cc1. The molecule has 0 saturated carbocycles. The molecule has 21 heavy (non-hydrogen) atoms. The number of anilines is 1. The molecule has 0 spiro atoms. The summed E-state index contributed by atoms with van der Waals surface area (Å²) in [7, 11) is 1.80. The number of hydrogen-bond donors (Lipinski definition) is 2. The Morgan fingerprint density at radius 1 is 1.24 bits per heavy atom. The second kappa shape index (κ2) is 7.41. The van der Waals surface area contributed by atoms with Crippen molar-refractivity contribution < 1.29 is 4.79 Å². The quantitative estimate of drug-likeness (QED) is 0.840. The molecule has 0 bridgehead atoms. The first-order valence-electron chi connectivity index (χ1n) is 7.13. The first-order valence-corrected chi connectivity index (χ1v) is 7.54. The van der Waals surface area contributed by atoms with Crippen LogP contribution in [-0.2, 0) is 11.2 Å². The van der Waals surface area contributed by atoms with Crippen molar-refractivity contribution in [2.45, 2.75) is 39.7 Å². The Morgan fingerprint density at radius 3 is 2.29 bits per heavy atom. The van der Waals surface area contributed by atoms with E-state index < -0.39 is 0 Å². The molecule has 0 aliphatic rings. The van der Waals surface area contributed by atoms with E-state index in [1.54, 1.807) is 11.9 Å². The van der Waals surface area contributed by atoms with Gasteiger partial charge in [0.2, 0.25) is 5.91 Å². The third-order valence-corrected chi connectivity index (χ3v) is 3.27. The number of hydrogen-bond acceptors (Lipinski definition) is 2. The first-order chi connectivity index (χ1) is 9.71. The molecule has 0 aliphatic carbocycles. The molecule has 1 amide bonds. The van der Waals surface area contributed by atoms with Gasteiger partial charge in [-0.2, -0.15) is 0 Å². The highest BCUT2D eigenvalue weighted by Crippen LogP contribution is 2.10. The summed E-state index contributed by atoms with van der Waals surface area (Å²) in [5, 5.41) is 6.59. The number of nitrogens with one attached hydrogen (secondary N) is 2. The van der Waals surface area contributed by atoms with E-state index in [9.17, 15) is 4.79 Å². The Kier molecular flexibility index (Phi) is 6.15. The number of thiocarbonyl (C=S) groups is 1. The molecule has 1 aromatic rings. The minimum atomic E-state index is -0.233. The molecule has 0 heterocycles. The monoisotopic (exact) mass is 307 g/mol. The van der Waals surface area contributed by atoms with Crippen LogP contribution in [0, 0.1) is 0 Å². The Bertz CT molecular complexity index is 491. The van der Waals surface area contributed by atoms with Gasteiger partial charge in [-0.05, 0) is 57.1 Å². The van der Waals surface area contributed by atoms with Crippen LogP contribution in [0.2, 0.25) is 0 Å². The Hall–Kier alpha value is -1.62. The summed E-state index contributed by atoms with van der Waals surface area (Å²) in [4.78, 5) is 13.6. The molecule has 0 atom stereocenters. The molecular formula is C16H25N3OS. The lowest BCUT2D eigenvalue weighted by Crippen LogP contribution is -2.47. The predicted octanol–water partition coefficient (Wildman–Crippen LogP) is 2.79. The van der Waals surface area contributed by atoms with Crippen molar-refractivity contribution in [2.24, 2.45) is 0 Å². The summed E-state index contributed by atoms with van der Waals surface area (Å²) in [6, 6.07) is 8.12. The topological polar surface area (TPSA) is 44.4 Å². The lowest BCUT2D eigenvalue weighted by Gasteiger charge is -2.25. The number of benzene rings is 1. The van der Waals surface area contributed by atoms with Crippen LogP contribution in [0.5, 0.6) is 0 Å². The van der Waals surface area contributed by atoms with Gasteiger partial charge in [-0.3, -0.25) is 4.79 Å². The highest BCUT2D eigenvalue weighted by molar-refractivity contribution is 7.80. The number of amides is 1. The van der Waals surface area contributed by atoms with Gasteiger partial charge in [-0.25, -0.2) is 0 Å². The summed E-state index contributed by atoms with van der Waals surface area (Å²) in [6.07, 6.45) is 1.01. The van der Waals surface area contributed by atoms with E-state index in [4.69, 9.17) is 12.2 Å². The average molecular weight is 307 g/mol. The van der Waals surface area contributed by atoms with Crippen LogP contribution >= 0.6 is 12.2 Å². The van der Waals surface area contributed by atoms with Crippen molar-refractivity contribution in [3.63, 3.8) is 0 Å². The molecular weight excluding hydrogens is 282 g/mol. The van der Waals surface area contributed by atoms with Crippen LogP contribution in [0.3, 0.4) is 0 Å². The van der Waals surface area contributed by atoms with Crippen molar-refractivity contribution in [3.05, 3.63) is 29.8 Å². The number of carbonyl (C=O) groups is 1. The third-order valence-electron chi connectivity index (χ3n) is 2.86. The highest BCUT2D eigenvalue weighted by atomic mass is 32.1. The van der Waals surface area contributed by atoms with Crippen LogP contribution in [0.4, 0.5) is 5.69 Å². The van der Waals surface area contributed by atoms with Crippen molar-refractivity contribution in [1.82, 2.24) is 10.2 Å². The predicted molar refractivity (Wildman–Crippen MR) is 92.6 cm³/mol. The van der Waals surface area contributed by atoms with Crippen LogP contribution < -0.4 is 10.6 Å². The normalized spacial score (nSPS) is 10.9. The zero-order chi connectivity index (χ0) is 16.0. The molecule has 1 aromatic carbocycles. The zero-order valence-corrected chi connectivity index (χ0v) is 14.3. The van der Waals surface area contributed by atoms with Crippen LogP contribution in [0.1, 0.15) is 33.3 Å². The van der Waals surface area contributed by atoms with Gasteiger partial charge < -0.3 is 15.5 Å². The van der Waals surface area contributed by atoms with Crippen molar-refractivity contribution in [1.29, 1.82) is 0 Å². The van der Waals surface area contributed by atoms with E-state index in [0.29, 0.717) is 5.11 Å². The second-order valence-electron chi connectivity index (χ2n) is 6.13. The van der Waals surface area contributed by atoms with Gasteiger partial charge in [-0.1, -0.05) is 19.1 Å². The lowest BCUT2D eigenvalue weighted by molar-refractivity contribution is -0.122. The summed E-state index contributed by atoms with van der Waals surface area (Å²) in [5.41, 5.74) is 1.98. The van der Waals surface area contributed by atoms with E-state index in [1.165, 1.54) is 5.56 Å². The number of carbonyl (C=O) groups excluding carboxylic acids is 1. The Morgan fingerprint density at radius 2 is 1.81 bits per heavy atom. The maximum atomic E-state index is 11.9. The Balaban J connectivity index is 2.52. The van der Waals surface area contributed by atoms with Crippen LogP contribution in [0.25, 0.3) is 0 Å². The summed E-state index contributed by atoms with van der Waals surface area (Å²) in [5.74, 6) is -0.0459. The number of likely N-dealkylation sites (N-methyl/N-ethyl adjacent to an activating group) is 1. The molecule has 2 N–H and O–H groups in total. The van der Waals surface area contributed by atoms with E-state index in [-0.39, 0.29) is 18.0 Å². The smallest absolute Gasteiger partial charge is 0.239 e. The maximum Gasteiger partial charge on any atom is 0.239 e. The number of nitrogens with zero attached hydrogens (tertiary/aromatic N) is 1. The van der Waals surface area contributed by atoms with Gasteiger partial charge in [-0.15, -0.1) is 0 Å². The van der Waals surface area contributed by atoms with Crippen LogP contribution in [-0.4, -0.2) is 35.1 Å². The summed E-state index contributed by atoms with van der Waals surface area (Å²) in [6.45, 7) is 8.22. The molecule has 5 heteroatoms. The third kappa shape index (κ3) is 6.58. The molecule has 1 rings (SSSR count). The van der Waals surface area contributed by atoms with Gasteiger partial charge in [0.1, 0.15) is 0 Å². The van der Waals surface area contributed by atoms with Gasteiger partial charge in [0.25, 0.3) is 0 Å². The zero-order valence-electron chi connectivity index (χ0n) is 13.5. The van der Waals surface area contributed by atoms with Gasteiger partial charge >= 0.3 is 0 Å². The number of rotatable bonds is 4. The molecule has 0 radical (unpaired) electrons. The van der Waals surface area contributed by atoms with Crippen LogP contribution in [0.15, 0.2) is 24.3 Å². The molecule has 0 saturated heterocycles. The standard InChI is InChI=1S/C16H25N3OS/c1-6-12-7-9-13(10-8-12)17-15(21)19(5)11-14(20)18-16(2,3)4/h7-10H,6,11H2,1-5H3,(H,17,21)(H,18,20). The minimum absolute atomic E-state index is 0.0459. The average Bonchev–Trinajstić information content (AvgIpc) is 2.37. The van der Waals surface area contributed by atoms with Crippen molar-refractivity contribution >= 4 is 28.9 Å². The first kappa shape index (κ1) is 17.4. The van der Waals surface area contributed by atoms with Gasteiger partial charge in [0.05, 0.1) is 6.54 Å². The molecule has 0 aliphatic heterocycles. The molecule has 0 aromatic heterocycles. The fourth-order valence-electron chi connectivity index (χ4n) is 1.79. The minimum Gasteiger partial charge on any atom is -0.350 e.